The third kappa shape index (κ3) is 2.74. The van der Waals surface area contributed by atoms with Crippen molar-refractivity contribution in [2.75, 3.05) is 16.8 Å². The minimum Gasteiger partial charge on any atom is -0.350 e. The van der Waals surface area contributed by atoms with Gasteiger partial charge in [-0.3, -0.25) is 0 Å². The average Bonchev–Trinajstić information content (AvgIpc) is 2.76. The standard InChI is InChI=1S/C11H13BrN4O2S/c12-9-2-1-5-16-10(9)14-11(15-16)13-8-3-6-19(17,18)7-4-8/h1-2,5,8H,3-4,6-7H2,(H,13,15). The Labute approximate surface area is 119 Å². The van der Waals surface area contributed by atoms with E-state index in [1.165, 1.54) is 0 Å². The lowest BCUT2D eigenvalue weighted by molar-refractivity contribution is 0.558. The predicted octanol–water partition coefficient (Wildman–Crippen LogP) is 1.48. The van der Waals surface area contributed by atoms with Crippen LogP contribution in [-0.2, 0) is 9.84 Å². The van der Waals surface area contributed by atoms with E-state index in [9.17, 15) is 8.42 Å². The number of hydrogen-bond acceptors (Lipinski definition) is 5. The molecule has 6 nitrogen and oxygen atoms in total. The first-order valence-corrected chi connectivity index (χ1v) is 8.63. The Morgan fingerprint density at radius 1 is 1.37 bits per heavy atom. The summed E-state index contributed by atoms with van der Waals surface area (Å²) in [5.74, 6) is 1.01. The van der Waals surface area contributed by atoms with Crippen molar-refractivity contribution in [1.82, 2.24) is 14.6 Å². The second-order valence-corrected chi connectivity index (χ2v) is 7.79. The molecule has 0 atom stereocenters. The van der Waals surface area contributed by atoms with Crippen molar-refractivity contribution >= 4 is 37.4 Å². The van der Waals surface area contributed by atoms with Crippen LogP contribution in [0.4, 0.5) is 5.95 Å². The zero-order valence-electron chi connectivity index (χ0n) is 10.1. The fourth-order valence-corrected chi connectivity index (χ4v) is 4.07. The first-order valence-electron chi connectivity index (χ1n) is 6.01. The van der Waals surface area contributed by atoms with Gasteiger partial charge in [0.2, 0.25) is 5.95 Å². The van der Waals surface area contributed by atoms with Gasteiger partial charge >= 0.3 is 0 Å². The minimum absolute atomic E-state index is 0.125. The lowest BCUT2D eigenvalue weighted by Gasteiger charge is -2.22. The third-order valence-electron chi connectivity index (χ3n) is 3.20. The van der Waals surface area contributed by atoms with E-state index in [4.69, 9.17) is 0 Å². The van der Waals surface area contributed by atoms with E-state index in [1.54, 1.807) is 4.52 Å². The maximum atomic E-state index is 11.4. The Balaban J connectivity index is 1.77. The van der Waals surface area contributed by atoms with Crippen LogP contribution in [0.1, 0.15) is 12.8 Å². The molecule has 0 bridgehead atoms. The molecule has 0 saturated carbocycles. The molecule has 1 saturated heterocycles. The smallest absolute Gasteiger partial charge is 0.243 e. The number of fused-ring (bicyclic) bond motifs is 1. The van der Waals surface area contributed by atoms with E-state index in [-0.39, 0.29) is 17.5 Å². The summed E-state index contributed by atoms with van der Waals surface area (Å²) >= 11 is 3.42. The van der Waals surface area contributed by atoms with Crippen LogP contribution in [0.2, 0.25) is 0 Å². The Hall–Kier alpha value is -1.15. The second kappa shape index (κ2) is 4.75. The summed E-state index contributed by atoms with van der Waals surface area (Å²) in [5.41, 5.74) is 0.744. The molecule has 3 heterocycles. The van der Waals surface area contributed by atoms with Crippen LogP contribution < -0.4 is 5.32 Å². The van der Waals surface area contributed by atoms with Gasteiger partial charge in [0.15, 0.2) is 5.65 Å². The van der Waals surface area contributed by atoms with Crippen LogP contribution >= 0.6 is 15.9 Å². The third-order valence-corrected chi connectivity index (χ3v) is 5.54. The van der Waals surface area contributed by atoms with Crippen molar-refractivity contribution in [2.45, 2.75) is 18.9 Å². The Morgan fingerprint density at radius 3 is 2.79 bits per heavy atom. The number of sulfone groups is 1. The highest BCUT2D eigenvalue weighted by Gasteiger charge is 2.24. The number of halogens is 1. The first kappa shape index (κ1) is 12.9. The monoisotopic (exact) mass is 344 g/mol. The Morgan fingerprint density at radius 2 is 2.11 bits per heavy atom. The Bertz CT molecular complexity index is 699. The van der Waals surface area contributed by atoms with E-state index in [0.717, 1.165) is 10.1 Å². The molecule has 0 aromatic carbocycles. The zero-order chi connectivity index (χ0) is 13.5. The van der Waals surface area contributed by atoms with Crippen LogP contribution in [0, 0.1) is 0 Å². The minimum atomic E-state index is -2.83. The fourth-order valence-electron chi connectivity index (χ4n) is 2.15. The van der Waals surface area contributed by atoms with Crippen LogP contribution in [0.3, 0.4) is 0 Å². The van der Waals surface area contributed by atoms with Gasteiger partial charge in [-0.15, -0.1) is 5.10 Å². The highest BCUT2D eigenvalue weighted by Crippen LogP contribution is 2.19. The number of hydrogen-bond donors (Lipinski definition) is 1. The van der Waals surface area contributed by atoms with E-state index in [2.05, 4.69) is 31.3 Å². The molecule has 1 aliphatic rings. The summed E-state index contributed by atoms with van der Waals surface area (Å²) in [6.07, 6.45) is 3.04. The highest BCUT2D eigenvalue weighted by molar-refractivity contribution is 9.10. The van der Waals surface area contributed by atoms with Gasteiger partial charge in [-0.25, -0.2) is 12.9 Å². The van der Waals surface area contributed by atoms with E-state index < -0.39 is 9.84 Å². The number of rotatable bonds is 2. The van der Waals surface area contributed by atoms with E-state index in [0.29, 0.717) is 18.8 Å². The molecule has 2 aromatic heterocycles. The molecule has 1 aliphatic heterocycles. The van der Waals surface area contributed by atoms with Crippen molar-refractivity contribution in [2.24, 2.45) is 0 Å². The number of pyridine rings is 1. The number of nitrogens with zero attached hydrogens (tertiary/aromatic N) is 3. The summed E-state index contributed by atoms with van der Waals surface area (Å²) in [6.45, 7) is 0. The van der Waals surface area contributed by atoms with E-state index >= 15 is 0 Å². The maximum absolute atomic E-state index is 11.4. The summed E-state index contributed by atoms with van der Waals surface area (Å²) in [6, 6.07) is 3.91. The van der Waals surface area contributed by atoms with Crippen LogP contribution in [-0.4, -0.2) is 40.6 Å². The summed E-state index contributed by atoms with van der Waals surface area (Å²) in [7, 11) is -2.83. The van der Waals surface area contributed by atoms with E-state index in [1.807, 2.05) is 18.3 Å². The molecule has 102 valence electrons. The van der Waals surface area contributed by atoms with Gasteiger partial charge in [0, 0.05) is 12.2 Å². The molecule has 0 aliphatic carbocycles. The number of anilines is 1. The van der Waals surface area contributed by atoms with Gasteiger partial charge in [-0.2, -0.15) is 4.98 Å². The van der Waals surface area contributed by atoms with Gasteiger partial charge in [-0.1, -0.05) is 0 Å². The Kier molecular flexibility index (Phi) is 3.22. The lowest BCUT2D eigenvalue weighted by Crippen LogP contribution is -2.32. The second-order valence-electron chi connectivity index (χ2n) is 4.63. The SMILES string of the molecule is O=S1(=O)CCC(Nc2nc3c(Br)cccn3n2)CC1. The molecular formula is C11H13BrN4O2S. The van der Waals surface area contributed by atoms with Crippen molar-refractivity contribution in [3.05, 3.63) is 22.8 Å². The number of aromatic nitrogens is 3. The largest absolute Gasteiger partial charge is 0.350 e. The summed E-state index contributed by atoms with van der Waals surface area (Å²) < 4.78 is 25.3. The first-order chi connectivity index (χ1) is 9.03. The molecule has 1 N–H and O–H groups in total. The fraction of sp³-hybridized carbons (Fsp3) is 0.455. The van der Waals surface area contributed by atoms with Gasteiger partial charge in [-0.05, 0) is 40.9 Å². The summed E-state index contributed by atoms with van der Waals surface area (Å²) in [5, 5.41) is 7.53. The average molecular weight is 345 g/mol. The molecule has 8 heteroatoms. The molecule has 19 heavy (non-hydrogen) atoms. The van der Waals surface area contributed by atoms with Crippen molar-refractivity contribution < 1.29 is 8.42 Å². The van der Waals surface area contributed by atoms with Crippen molar-refractivity contribution in [1.29, 1.82) is 0 Å². The van der Waals surface area contributed by atoms with Crippen molar-refractivity contribution in [3.63, 3.8) is 0 Å². The topological polar surface area (TPSA) is 76.4 Å². The van der Waals surface area contributed by atoms with Crippen LogP contribution in [0.25, 0.3) is 5.65 Å². The van der Waals surface area contributed by atoms with Gasteiger partial charge in [0.05, 0.1) is 16.0 Å². The summed E-state index contributed by atoms with van der Waals surface area (Å²) in [4.78, 5) is 4.39. The van der Waals surface area contributed by atoms with Crippen LogP contribution in [0.15, 0.2) is 22.8 Å². The predicted molar refractivity (Wildman–Crippen MR) is 76.0 cm³/mol. The molecule has 2 aromatic rings. The van der Waals surface area contributed by atoms with Gasteiger partial charge < -0.3 is 5.32 Å². The molecule has 0 radical (unpaired) electrons. The van der Waals surface area contributed by atoms with Gasteiger partial charge in [0.1, 0.15) is 9.84 Å². The molecule has 1 fully saturated rings. The molecule has 0 amide bonds. The van der Waals surface area contributed by atoms with Gasteiger partial charge in [0.25, 0.3) is 0 Å². The molecule has 0 unspecified atom stereocenters. The normalized spacial score (nSPS) is 19.6. The van der Waals surface area contributed by atoms with Crippen molar-refractivity contribution in [3.8, 4) is 0 Å². The van der Waals surface area contributed by atoms with Crippen LogP contribution in [0.5, 0.6) is 0 Å². The quantitative estimate of drug-likeness (QED) is 0.892. The molecule has 3 rings (SSSR count). The molecule has 0 spiro atoms. The zero-order valence-corrected chi connectivity index (χ0v) is 12.5. The number of nitrogens with one attached hydrogen (secondary N) is 1. The lowest BCUT2D eigenvalue weighted by atomic mass is 10.2. The maximum Gasteiger partial charge on any atom is 0.243 e. The highest BCUT2D eigenvalue weighted by atomic mass is 79.9. The molecular weight excluding hydrogens is 332 g/mol.